The molecule has 104 valence electrons. The normalized spacial score (nSPS) is 10.2. The predicted octanol–water partition coefficient (Wildman–Crippen LogP) is 4.15. The Balaban J connectivity index is 1.78. The molecule has 0 unspecified atom stereocenters. The molecule has 0 radical (unpaired) electrons. The molecule has 3 N–H and O–H groups in total. The lowest BCUT2D eigenvalue weighted by Crippen LogP contribution is -2.12. The summed E-state index contributed by atoms with van der Waals surface area (Å²) in [4.78, 5) is 13.0. The molecule has 0 aliphatic carbocycles. The van der Waals surface area contributed by atoms with E-state index in [1.807, 2.05) is 36.4 Å². The minimum Gasteiger partial charge on any atom is -0.399 e. The van der Waals surface area contributed by atoms with Crippen LogP contribution >= 0.6 is 27.7 Å². The van der Waals surface area contributed by atoms with Gasteiger partial charge in [-0.1, -0.05) is 28.1 Å². The van der Waals surface area contributed by atoms with Crippen molar-refractivity contribution < 1.29 is 4.79 Å². The molecule has 0 spiro atoms. The SMILES string of the molecule is Nc1cccc(NC(=O)CCSc2cccc(Br)c2)c1. The summed E-state index contributed by atoms with van der Waals surface area (Å²) in [7, 11) is 0. The summed E-state index contributed by atoms with van der Waals surface area (Å²) in [5.41, 5.74) is 7.05. The maximum absolute atomic E-state index is 11.8. The molecule has 0 bridgehead atoms. The van der Waals surface area contributed by atoms with Gasteiger partial charge in [0.2, 0.25) is 5.91 Å². The minimum atomic E-state index is -0.00176. The zero-order chi connectivity index (χ0) is 14.4. The van der Waals surface area contributed by atoms with Gasteiger partial charge in [0, 0.05) is 32.9 Å². The Kier molecular flexibility index (Phi) is 5.49. The summed E-state index contributed by atoms with van der Waals surface area (Å²) in [6.07, 6.45) is 0.464. The van der Waals surface area contributed by atoms with Gasteiger partial charge in [-0.3, -0.25) is 4.79 Å². The molecule has 2 rings (SSSR count). The molecule has 0 atom stereocenters. The van der Waals surface area contributed by atoms with Gasteiger partial charge >= 0.3 is 0 Å². The summed E-state index contributed by atoms with van der Waals surface area (Å²) in [6, 6.07) is 15.2. The van der Waals surface area contributed by atoms with E-state index in [9.17, 15) is 4.79 Å². The van der Waals surface area contributed by atoms with Crippen molar-refractivity contribution in [1.82, 2.24) is 0 Å². The molecule has 0 aliphatic rings. The summed E-state index contributed by atoms with van der Waals surface area (Å²) in [5.74, 6) is 0.739. The fraction of sp³-hybridized carbons (Fsp3) is 0.133. The van der Waals surface area contributed by atoms with E-state index in [4.69, 9.17) is 5.73 Å². The fourth-order valence-electron chi connectivity index (χ4n) is 1.66. The number of hydrogen-bond donors (Lipinski definition) is 2. The molecule has 3 nitrogen and oxygen atoms in total. The number of halogens is 1. The number of carbonyl (C=O) groups excluding carboxylic acids is 1. The number of hydrogen-bond acceptors (Lipinski definition) is 3. The first-order valence-corrected chi connectivity index (χ1v) is 7.95. The van der Waals surface area contributed by atoms with Crippen LogP contribution in [0.15, 0.2) is 57.9 Å². The van der Waals surface area contributed by atoms with Crippen LogP contribution in [0.2, 0.25) is 0 Å². The van der Waals surface area contributed by atoms with Crippen LogP contribution < -0.4 is 11.1 Å². The molecule has 20 heavy (non-hydrogen) atoms. The number of rotatable bonds is 5. The fourth-order valence-corrected chi connectivity index (χ4v) is 3.12. The average molecular weight is 351 g/mol. The van der Waals surface area contributed by atoms with E-state index in [1.54, 1.807) is 23.9 Å². The summed E-state index contributed by atoms with van der Waals surface area (Å²) in [5, 5.41) is 2.84. The van der Waals surface area contributed by atoms with Gasteiger partial charge in [0.25, 0.3) is 0 Å². The molecule has 0 saturated heterocycles. The van der Waals surface area contributed by atoms with Crippen LogP contribution in [0.1, 0.15) is 6.42 Å². The number of nitrogens with one attached hydrogen (secondary N) is 1. The molecule has 0 saturated carbocycles. The molecular weight excluding hydrogens is 336 g/mol. The van der Waals surface area contributed by atoms with E-state index in [0.29, 0.717) is 12.1 Å². The number of nitrogen functional groups attached to an aromatic ring is 1. The van der Waals surface area contributed by atoms with Gasteiger partial charge < -0.3 is 11.1 Å². The highest BCUT2D eigenvalue weighted by Crippen LogP contribution is 2.22. The Bertz CT molecular complexity index is 604. The molecule has 2 aromatic rings. The van der Waals surface area contributed by atoms with Gasteiger partial charge in [0.1, 0.15) is 0 Å². The van der Waals surface area contributed by atoms with Crippen LogP contribution in [0.5, 0.6) is 0 Å². The van der Waals surface area contributed by atoms with E-state index >= 15 is 0 Å². The maximum atomic E-state index is 11.8. The van der Waals surface area contributed by atoms with Gasteiger partial charge in [-0.2, -0.15) is 0 Å². The lowest BCUT2D eigenvalue weighted by Gasteiger charge is -2.06. The highest BCUT2D eigenvalue weighted by Gasteiger charge is 2.03. The Hall–Kier alpha value is -1.46. The first-order valence-electron chi connectivity index (χ1n) is 6.17. The maximum Gasteiger partial charge on any atom is 0.225 e. The number of benzene rings is 2. The Labute approximate surface area is 131 Å². The topological polar surface area (TPSA) is 55.1 Å². The van der Waals surface area contributed by atoms with Crippen molar-refractivity contribution in [3.05, 3.63) is 53.0 Å². The second-order valence-electron chi connectivity index (χ2n) is 4.23. The number of thioether (sulfide) groups is 1. The summed E-state index contributed by atoms with van der Waals surface area (Å²) < 4.78 is 1.05. The molecule has 5 heteroatoms. The number of anilines is 2. The Morgan fingerprint density at radius 3 is 2.75 bits per heavy atom. The van der Waals surface area contributed by atoms with Crippen molar-refractivity contribution in [2.75, 3.05) is 16.8 Å². The van der Waals surface area contributed by atoms with Crippen LogP contribution in [0.3, 0.4) is 0 Å². The van der Waals surface area contributed by atoms with Crippen molar-refractivity contribution in [3.8, 4) is 0 Å². The highest BCUT2D eigenvalue weighted by atomic mass is 79.9. The van der Waals surface area contributed by atoms with Crippen LogP contribution in [0.4, 0.5) is 11.4 Å². The number of carbonyl (C=O) groups is 1. The molecular formula is C15H15BrN2OS. The van der Waals surface area contributed by atoms with Gasteiger partial charge in [0.05, 0.1) is 0 Å². The first-order chi connectivity index (χ1) is 9.63. The van der Waals surface area contributed by atoms with Crippen molar-refractivity contribution in [2.45, 2.75) is 11.3 Å². The van der Waals surface area contributed by atoms with Crippen molar-refractivity contribution in [3.63, 3.8) is 0 Å². The quantitative estimate of drug-likeness (QED) is 0.628. The molecule has 0 heterocycles. The van der Waals surface area contributed by atoms with Gasteiger partial charge in [0.15, 0.2) is 0 Å². The lowest BCUT2D eigenvalue weighted by molar-refractivity contribution is -0.115. The van der Waals surface area contributed by atoms with Crippen LogP contribution in [-0.2, 0) is 4.79 Å². The summed E-state index contributed by atoms with van der Waals surface area (Å²) in [6.45, 7) is 0. The number of amides is 1. The van der Waals surface area contributed by atoms with Crippen LogP contribution in [0.25, 0.3) is 0 Å². The lowest BCUT2D eigenvalue weighted by atomic mass is 10.3. The van der Waals surface area contributed by atoms with Gasteiger partial charge in [-0.25, -0.2) is 0 Å². The third kappa shape index (κ3) is 4.90. The third-order valence-corrected chi connectivity index (χ3v) is 4.05. The molecule has 1 amide bonds. The van der Waals surface area contributed by atoms with Crippen molar-refractivity contribution >= 4 is 45.0 Å². The smallest absolute Gasteiger partial charge is 0.225 e. The van der Waals surface area contributed by atoms with Crippen molar-refractivity contribution in [1.29, 1.82) is 0 Å². The standard InChI is InChI=1S/C15H15BrN2OS/c16-11-3-1-6-14(9-11)20-8-7-15(19)18-13-5-2-4-12(17)10-13/h1-6,9-10H,7-8,17H2,(H,18,19). The van der Waals surface area contributed by atoms with Crippen LogP contribution in [0, 0.1) is 0 Å². The zero-order valence-corrected chi connectivity index (χ0v) is 13.2. The van der Waals surface area contributed by atoms with E-state index < -0.39 is 0 Å². The predicted molar refractivity (Wildman–Crippen MR) is 89.0 cm³/mol. The average Bonchev–Trinajstić information content (AvgIpc) is 2.38. The van der Waals surface area contributed by atoms with Crippen LogP contribution in [-0.4, -0.2) is 11.7 Å². The second kappa shape index (κ2) is 7.36. The molecule has 0 aliphatic heterocycles. The number of nitrogens with two attached hydrogens (primary N) is 1. The van der Waals surface area contributed by atoms with E-state index in [1.165, 1.54) is 0 Å². The third-order valence-electron chi connectivity index (χ3n) is 2.56. The monoisotopic (exact) mass is 350 g/mol. The Morgan fingerprint density at radius 1 is 1.20 bits per heavy atom. The zero-order valence-electron chi connectivity index (χ0n) is 10.8. The second-order valence-corrected chi connectivity index (χ2v) is 6.31. The van der Waals surface area contributed by atoms with Gasteiger partial charge in [-0.15, -0.1) is 11.8 Å². The minimum absolute atomic E-state index is 0.00176. The molecule has 0 fully saturated rings. The Morgan fingerprint density at radius 2 is 2.00 bits per heavy atom. The highest BCUT2D eigenvalue weighted by molar-refractivity contribution is 9.10. The van der Waals surface area contributed by atoms with Gasteiger partial charge in [-0.05, 0) is 36.4 Å². The van der Waals surface area contributed by atoms with E-state index in [-0.39, 0.29) is 5.91 Å². The summed E-state index contributed by atoms with van der Waals surface area (Å²) >= 11 is 5.09. The first kappa shape index (κ1) is 14.9. The van der Waals surface area contributed by atoms with E-state index in [2.05, 4.69) is 21.2 Å². The van der Waals surface area contributed by atoms with E-state index in [0.717, 1.165) is 20.8 Å². The molecule has 0 aromatic heterocycles. The van der Waals surface area contributed by atoms with Crippen molar-refractivity contribution in [2.24, 2.45) is 0 Å². The molecule has 2 aromatic carbocycles. The largest absolute Gasteiger partial charge is 0.399 e.